The van der Waals surface area contributed by atoms with Gasteiger partial charge < -0.3 is 29.4 Å². The van der Waals surface area contributed by atoms with Crippen LogP contribution in [0.3, 0.4) is 0 Å². The highest BCUT2D eigenvalue weighted by molar-refractivity contribution is 7.98. The van der Waals surface area contributed by atoms with Gasteiger partial charge in [-0.05, 0) is 13.8 Å². The van der Waals surface area contributed by atoms with Crippen molar-refractivity contribution in [2.24, 2.45) is 0 Å². The third kappa shape index (κ3) is 4.67. The Morgan fingerprint density at radius 3 is 2.80 bits per heavy atom. The molecule has 0 unspecified atom stereocenters. The molecule has 3 rings (SSSR count). The molecule has 1 aromatic carbocycles. The van der Waals surface area contributed by atoms with Gasteiger partial charge in [0.25, 0.3) is 0 Å². The van der Waals surface area contributed by atoms with E-state index in [4.69, 9.17) is 14.0 Å². The lowest BCUT2D eigenvalue weighted by Gasteiger charge is -2.17. The van der Waals surface area contributed by atoms with Crippen LogP contribution in [0.1, 0.15) is 39.2 Å². The van der Waals surface area contributed by atoms with Gasteiger partial charge in [-0.1, -0.05) is 5.16 Å². The van der Waals surface area contributed by atoms with E-state index in [1.54, 1.807) is 26.2 Å². The van der Waals surface area contributed by atoms with Gasteiger partial charge in [0.1, 0.15) is 17.5 Å². The number of hydrogen-bond acceptors (Lipinski definition) is 10. The maximum Gasteiger partial charge on any atom is 0.338 e. The number of nitrogens with zero attached hydrogens (tertiary/aromatic N) is 3. The Labute approximate surface area is 177 Å². The van der Waals surface area contributed by atoms with Gasteiger partial charge in [0.2, 0.25) is 11.8 Å². The Balaban J connectivity index is 1.80. The number of aromatic nitrogens is 4. The summed E-state index contributed by atoms with van der Waals surface area (Å²) in [5, 5.41) is 17.5. The number of esters is 1. The van der Waals surface area contributed by atoms with Crippen LogP contribution >= 0.6 is 11.8 Å². The molecule has 11 heteroatoms. The Kier molecular flexibility index (Phi) is 6.83. The Morgan fingerprint density at radius 2 is 2.20 bits per heavy atom. The average Bonchev–Trinajstić information content (AvgIpc) is 3.40. The molecular formula is C19H23N5O5S. The minimum Gasteiger partial charge on any atom is -0.507 e. The highest BCUT2D eigenvalue weighted by Crippen LogP contribution is 2.36. The summed E-state index contributed by atoms with van der Waals surface area (Å²) in [4.78, 5) is 23.8. The van der Waals surface area contributed by atoms with Gasteiger partial charge in [0.05, 0.1) is 19.8 Å². The molecule has 0 spiro atoms. The number of H-pyrrole nitrogens is 1. The number of nitrogens with one attached hydrogen (secondary N) is 2. The molecule has 10 nitrogen and oxygen atoms in total. The molecule has 0 aliphatic heterocycles. The molecule has 160 valence electrons. The molecule has 0 aliphatic carbocycles. The fraction of sp³-hybridized carbons (Fsp3) is 0.368. The lowest BCUT2D eigenvalue weighted by Crippen LogP contribution is -2.15. The van der Waals surface area contributed by atoms with Crippen molar-refractivity contribution >= 4 is 23.7 Å². The van der Waals surface area contributed by atoms with Crippen molar-refractivity contribution in [3.63, 3.8) is 0 Å². The van der Waals surface area contributed by atoms with E-state index in [9.17, 15) is 9.90 Å². The number of ether oxygens (including phenoxy) is 2. The van der Waals surface area contributed by atoms with Crippen molar-refractivity contribution in [2.75, 3.05) is 25.3 Å². The van der Waals surface area contributed by atoms with E-state index in [-0.39, 0.29) is 11.8 Å². The number of rotatable bonds is 9. The third-order valence-electron chi connectivity index (χ3n) is 4.41. The summed E-state index contributed by atoms with van der Waals surface area (Å²) in [5.41, 5.74) is 1.38. The van der Waals surface area contributed by atoms with Crippen LogP contribution in [0.2, 0.25) is 0 Å². The second kappa shape index (κ2) is 9.53. The minimum absolute atomic E-state index is 0.0328. The van der Waals surface area contributed by atoms with Gasteiger partial charge in [-0.3, -0.25) is 0 Å². The number of phenols is 1. The number of hydrogen-bond donors (Lipinski definition) is 3. The van der Waals surface area contributed by atoms with Crippen molar-refractivity contribution < 1.29 is 23.9 Å². The van der Waals surface area contributed by atoms with Crippen LogP contribution in [0.4, 0.5) is 5.95 Å². The first-order chi connectivity index (χ1) is 14.4. The number of thioether (sulfide) groups is 1. The Hall–Kier alpha value is -3.21. The zero-order valence-electron chi connectivity index (χ0n) is 17.1. The number of aryl methyl sites for hydroxylation is 1. The Bertz CT molecular complexity index is 1010. The normalized spacial score (nSPS) is 11.9. The van der Waals surface area contributed by atoms with Gasteiger partial charge in [-0.2, -0.15) is 16.7 Å². The number of aromatic amines is 1. The first-order valence-corrected chi connectivity index (χ1v) is 10.2. The number of aromatic hydroxyl groups is 1. The molecule has 30 heavy (non-hydrogen) atoms. The number of benzene rings is 1. The topological polar surface area (TPSA) is 135 Å². The summed E-state index contributed by atoms with van der Waals surface area (Å²) in [5.74, 6) is 2.22. The van der Waals surface area contributed by atoms with Crippen LogP contribution in [0, 0.1) is 13.8 Å². The van der Waals surface area contributed by atoms with Gasteiger partial charge in [0, 0.05) is 41.1 Å². The van der Waals surface area contributed by atoms with E-state index >= 15 is 0 Å². The number of phenolic OH excluding ortho intramolecular Hbond substituents is 1. The lowest BCUT2D eigenvalue weighted by molar-refractivity contribution is 0.0598. The predicted molar refractivity (Wildman–Crippen MR) is 111 cm³/mol. The molecule has 0 fully saturated rings. The maximum atomic E-state index is 12.4. The van der Waals surface area contributed by atoms with Crippen molar-refractivity contribution in [1.82, 2.24) is 20.1 Å². The van der Waals surface area contributed by atoms with Crippen molar-refractivity contribution in [1.29, 1.82) is 0 Å². The number of carbonyl (C=O) groups excluding carboxylic acids is 1. The molecule has 3 N–H and O–H groups in total. The smallest absolute Gasteiger partial charge is 0.338 e. The number of methoxy groups -OCH3 is 2. The van der Waals surface area contributed by atoms with E-state index < -0.39 is 5.97 Å². The summed E-state index contributed by atoms with van der Waals surface area (Å²) < 4.78 is 15.5. The summed E-state index contributed by atoms with van der Waals surface area (Å²) >= 11 is 1.48. The molecular weight excluding hydrogens is 410 g/mol. The van der Waals surface area contributed by atoms with E-state index in [1.807, 2.05) is 0 Å². The molecule has 0 amide bonds. The van der Waals surface area contributed by atoms with Gasteiger partial charge in [-0.15, -0.1) is 0 Å². The standard InChI is InChI=1S/C19H23N5O5S/c1-10-15(27-3)7-14(25)12(16(10)18(26)28-4)8-30-9-13(17-22-11(2)24-29-17)23-19-20-5-6-21-19/h5-7,13,25H,8-9H2,1-4H3,(H2,20,21,23)/t13-/m0/s1. The van der Waals surface area contributed by atoms with Crippen molar-refractivity contribution in [2.45, 2.75) is 25.6 Å². The molecule has 2 aromatic heterocycles. The van der Waals surface area contributed by atoms with Crippen LogP contribution < -0.4 is 10.1 Å². The molecule has 0 radical (unpaired) electrons. The van der Waals surface area contributed by atoms with Crippen LogP contribution in [0.25, 0.3) is 0 Å². The number of anilines is 1. The molecule has 0 bridgehead atoms. The third-order valence-corrected chi connectivity index (χ3v) is 5.48. The average molecular weight is 433 g/mol. The molecule has 0 saturated carbocycles. The lowest BCUT2D eigenvalue weighted by atomic mass is 10.0. The number of carbonyl (C=O) groups is 1. The minimum atomic E-state index is -0.532. The first kappa shape index (κ1) is 21.5. The van der Waals surface area contributed by atoms with Crippen LogP contribution in [-0.2, 0) is 10.5 Å². The predicted octanol–water partition coefficient (Wildman–Crippen LogP) is 3.00. The second-order valence-electron chi connectivity index (χ2n) is 6.40. The molecule has 2 heterocycles. The first-order valence-electron chi connectivity index (χ1n) is 9.06. The van der Waals surface area contributed by atoms with Crippen molar-refractivity contribution in [3.05, 3.63) is 46.9 Å². The van der Waals surface area contributed by atoms with Crippen LogP contribution in [-0.4, -0.2) is 51.2 Å². The molecule has 0 aliphatic rings. The number of imidazole rings is 1. The van der Waals surface area contributed by atoms with Gasteiger partial charge >= 0.3 is 5.97 Å². The zero-order chi connectivity index (χ0) is 21.7. The van der Waals surface area contributed by atoms with Crippen LogP contribution in [0.5, 0.6) is 11.5 Å². The van der Waals surface area contributed by atoms with Crippen LogP contribution in [0.15, 0.2) is 23.0 Å². The highest BCUT2D eigenvalue weighted by atomic mass is 32.2. The Morgan fingerprint density at radius 1 is 1.40 bits per heavy atom. The molecule has 1 atom stereocenters. The largest absolute Gasteiger partial charge is 0.507 e. The van der Waals surface area contributed by atoms with E-state index in [1.165, 1.54) is 32.0 Å². The summed E-state index contributed by atoms with van der Waals surface area (Å²) in [6.07, 6.45) is 3.33. The second-order valence-corrected chi connectivity index (χ2v) is 7.43. The molecule has 3 aromatic rings. The fourth-order valence-corrected chi connectivity index (χ4v) is 4.03. The maximum absolute atomic E-state index is 12.4. The quantitative estimate of drug-likeness (QED) is 0.432. The van der Waals surface area contributed by atoms with E-state index in [2.05, 4.69) is 25.4 Å². The van der Waals surface area contributed by atoms with E-state index in [0.717, 1.165) is 0 Å². The zero-order valence-corrected chi connectivity index (χ0v) is 17.9. The molecule has 0 saturated heterocycles. The van der Waals surface area contributed by atoms with E-state index in [0.29, 0.717) is 51.6 Å². The van der Waals surface area contributed by atoms with Gasteiger partial charge in [-0.25, -0.2) is 9.78 Å². The van der Waals surface area contributed by atoms with Gasteiger partial charge in [0.15, 0.2) is 5.82 Å². The summed E-state index contributed by atoms with van der Waals surface area (Å²) in [7, 11) is 2.78. The summed E-state index contributed by atoms with van der Waals surface area (Å²) in [6.45, 7) is 3.49. The van der Waals surface area contributed by atoms with Crippen molar-refractivity contribution in [3.8, 4) is 11.5 Å². The monoisotopic (exact) mass is 433 g/mol. The summed E-state index contributed by atoms with van der Waals surface area (Å²) in [6, 6.07) is 1.17. The fourth-order valence-electron chi connectivity index (χ4n) is 2.95. The highest BCUT2D eigenvalue weighted by Gasteiger charge is 2.24. The SMILES string of the molecule is COC(=O)c1c(C)c(OC)cc(O)c1CSC[C@H](Nc1ncc[nH]1)c1nc(C)no1.